The fraction of sp³-hybridized carbons (Fsp3) is 0.292. The Kier molecular flexibility index (Phi) is 5.25. The fourth-order valence-electron chi connectivity index (χ4n) is 5.36. The van der Waals surface area contributed by atoms with Crippen LogP contribution in [0.3, 0.4) is 0 Å². The smallest absolute Gasteiger partial charge is 0.271 e. The van der Waals surface area contributed by atoms with Crippen molar-refractivity contribution in [1.82, 2.24) is 4.90 Å². The van der Waals surface area contributed by atoms with Gasteiger partial charge < -0.3 is 5.32 Å². The van der Waals surface area contributed by atoms with Gasteiger partial charge in [0.2, 0.25) is 17.7 Å². The fourth-order valence-corrected chi connectivity index (χ4v) is 5.49. The molecular weight excluding hydrogens is 446 g/mol. The van der Waals surface area contributed by atoms with Crippen molar-refractivity contribution in [3.05, 3.63) is 81.4 Å². The van der Waals surface area contributed by atoms with Gasteiger partial charge in [-0.3, -0.25) is 29.4 Å². The Hall–Kier alpha value is -3.52. The van der Waals surface area contributed by atoms with Crippen molar-refractivity contribution < 1.29 is 19.3 Å². The van der Waals surface area contributed by atoms with Gasteiger partial charge >= 0.3 is 0 Å². The van der Waals surface area contributed by atoms with Gasteiger partial charge in [-0.2, -0.15) is 0 Å². The van der Waals surface area contributed by atoms with Crippen LogP contribution in [0.2, 0.25) is 5.02 Å². The van der Waals surface area contributed by atoms with E-state index in [1.165, 1.54) is 23.1 Å². The van der Waals surface area contributed by atoms with Crippen LogP contribution in [0.15, 0.2) is 60.7 Å². The van der Waals surface area contributed by atoms with Crippen LogP contribution in [-0.2, 0) is 14.4 Å². The molecule has 0 aromatic heterocycles. The van der Waals surface area contributed by atoms with Gasteiger partial charge in [-0.25, -0.2) is 0 Å². The first kappa shape index (κ1) is 21.3. The minimum atomic E-state index is -0.800. The number of hydrogen-bond donors (Lipinski definition) is 1. The zero-order valence-electron chi connectivity index (χ0n) is 17.4. The molecule has 1 heterocycles. The molecule has 33 heavy (non-hydrogen) atoms. The average molecular weight is 466 g/mol. The van der Waals surface area contributed by atoms with E-state index in [0.29, 0.717) is 10.6 Å². The highest BCUT2D eigenvalue weighted by Crippen LogP contribution is 2.54. The van der Waals surface area contributed by atoms with Crippen LogP contribution in [0, 0.1) is 33.8 Å². The van der Waals surface area contributed by atoms with Gasteiger partial charge in [-0.05, 0) is 42.0 Å². The number of carbonyl (C=O) groups is 3. The number of allylic oxidation sites excluding steroid dienone is 2. The standard InChI is InChI=1S/C24H20ClN3O5/c25-16-8-6-13(7-9-16)19(12-20(29)26-17-2-1-3-18(11-17)28(32)33)27-23(30)21-14-4-5-15(10-14)22(21)24(27)31/h1-9,11,14-15,19,21-22H,10,12H2,(H,26,29). The molecule has 9 heteroatoms. The van der Waals surface area contributed by atoms with E-state index in [2.05, 4.69) is 5.32 Å². The van der Waals surface area contributed by atoms with Gasteiger partial charge in [-0.15, -0.1) is 0 Å². The van der Waals surface area contributed by atoms with Crippen LogP contribution < -0.4 is 5.32 Å². The largest absolute Gasteiger partial charge is 0.326 e. The third kappa shape index (κ3) is 3.70. The quantitative estimate of drug-likeness (QED) is 0.298. The summed E-state index contributed by atoms with van der Waals surface area (Å²) >= 11 is 6.02. The summed E-state index contributed by atoms with van der Waals surface area (Å²) in [4.78, 5) is 51.4. The number of anilines is 1. The maximum atomic E-state index is 13.4. The molecule has 5 atom stereocenters. The van der Waals surface area contributed by atoms with Gasteiger partial charge in [0.15, 0.2) is 0 Å². The zero-order chi connectivity index (χ0) is 23.3. The van der Waals surface area contributed by atoms with Crippen molar-refractivity contribution in [2.45, 2.75) is 18.9 Å². The lowest BCUT2D eigenvalue weighted by Gasteiger charge is -2.28. The summed E-state index contributed by atoms with van der Waals surface area (Å²) in [6.07, 6.45) is 4.68. The summed E-state index contributed by atoms with van der Waals surface area (Å²) in [6, 6.07) is 11.5. The first-order valence-corrected chi connectivity index (χ1v) is 11.1. The molecule has 2 aliphatic carbocycles. The maximum Gasteiger partial charge on any atom is 0.271 e. The Morgan fingerprint density at radius 3 is 2.33 bits per heavy atom. The molecule has 5 rings (SSSR count). The summed E-state index contributed by atoms with van der Waals surface area (Å²) in [6.45, 7) is 0. The molecule has 8 nitrogen and oxygen atoms in total. The first-order valence-electron chi connectivity index (χ1n) is 10.7. The first-order chi connectivity index (χ1) is 15.8. The number of nitrogens with zero attached hydrogens (tertiary/aromatic N) is 2. The molecule has 1 saturated carbocycles. The van der Waals surface area contributed by atoms with E-state index >= 15 is 0 Å². The van der Waals surface area contributed by atoms with Crippen molar-refractivity contribution in [3.63, 3.8) is 0 Å². The number of rotatable bonds is 6. The number of amides is 3. The van der Waals surface area contributed by atoms with Gasteiger partial charge in [0, 0.05) is 22.8 Å². The van der Waals surface area contributed by atoms with Gasteiger partial charge in [-0.1, -0.05) is 42.0 Å². The summed E-state index contributed by atoms with van der Waals surface area (Å²) in [5, 5.41) is 14.2. The van der Waals surface area contributed by atoms with Crippen LogP contribution in [0.1, 0.15) is 24.4 Å². The van der Waals surface area contributed by atoms with Crippen LogP contribution in [0.25, 0.3) is 0 Å². The van der Waals surface area contributed by atoms with Gasteiger partial charge in [0.05, 0.1) is 29.2 Å². The summed E-state index contributed by atoms with van der Waals surface area (Å²) in [7, 11) is 0. The number of fused-ring (bicyclic) bond motifs is 5. The van der Waals surface area contributed by atoms with E-state index in [9.17, 15) is 24.5 Å². The van der Waals surface area contributed by atoms with Gasteiger partial charge in [0.25, 0.3) is 5.69 Å². The van der Waals surface area contributed by atoms with Crippen molar-refractivity contribution in [2.24, 2.45) is 23.7 Å². The zero-order valence-corrected chi connectivity index (χ0v) is 18.1. The lowest BCUT2D eigenvalue weighted by molar-refractivity contribution is -0.384. The van der Waals surface area contributed by atoms with E-state index in [-0.39, 0.29) is 53.3 Å². The Morgan fingerprint density at radius 1 is 1.09 bits per heavy atom. The molecule has 5 unspecified atom stereocenters. The van der Waals surface area contributed by atoms with Crippen LogP contribution in [0.5, 0.6) is 0 Å². The number of imide groups is 1. The van der Waals surface area contributed by atoms with Crippen LogP contribution in [-0.4, -0.2) is 27.5 Å². The lowest BCUT2D eigenvalue weighted by atomic mass is 9.85. The van der Waals surface area contributed by atoms with Crippen molar-refractivity contribution >= 4 is 40.7 Å². The van der Waals surface area contributed by atoms with Gasteiger partial charge in [0.1, 0.15) is 0 Å². The molecule has 1 aliphatic heterocycles. The molecule has 168 valence electrons. The highest BCUT2D eigenvalue weighted by atomic mass is 35.5. The molecule has 3 aliphatic rings. The number of likely N-dealkylation sites (tertiary alicyclic amines) is 1. The Bertz CT molecular complexity index is 1160. The normalized spacial score (nSPS) is 25.9. The number of halogens is 1. The predicted octanol–water partition coefficient (Wildman–Crippen LogP) is 4.13. The molecule has 2 bridgehead atoms. The summed E-state index contributed by atoms with van der Waals surface area (Å²) < 4.78 is 0. The third-order valence-corrected chi connectivity index (χ3v) is 7.04. The third-order valence-electron chi connectivity index (χ3n) is 6.79. The minimum absolute atomic E-state index is 0.0611. The highest BCUT2D eigenvalue weighted by molar-refractivity contribution is 6.30. The molecule has 1 N–H and O–H groups in total. The average Bonchev–Trinajstić information content (AvgIpc) is 3.47. The predicted molar refractivity (Wildman–Crippen MR) is 120 cm³/mol. The molecule has 1 saturated heterocycles. The number of nitro groups is 1. The van der Waals surface area contributed by atoms with E-state index in [4.69, 9.17) is 11.6 Å². The maximum absolute atomic E-state index is 13.4. The number of benzene rings is 2. The second-order valence-corrected chi connectivity index (χ2v) is 9.11. The summed E-state index contributed by atoms with van der Waals surface area (Å²) in [5.41, 5.74) is 0.737. The van der Waals surface area contributed by atoms with Crippen LogP contribution >= 0.6 is 11.6 Å². The van der Waals surface area contributed by atoms with E-state index < -0.39 is 16.9 Å². The molecule has 2 aromatic carbocycles. The molecule has 3 amide bonds. The van der Waals surface area contributed by atoms with E-state index in [1.807, 2.05) is 12.2 Å². The van der Waals surface area contributed by atoms with Crippen molar-refractivity contribution in [2.75, 3.05) is 5.32 Å². The molecule has 0 radical (unpaired) electrons. The highest BCUT2D eigenvalue weighted by Gasteiger charge is 2.60. The number of non-ortho nitro benzene ring substituents is 1. The summed E-state index contributed by atoms with van der Waals surface area (Å²) in [5.74, 6) is -1.58. The molecule has 0 spiro atoms. The van der Waals surface area contributed by atoms with Crippen molar-refractivity contribution in [3.8, 4) is 0 Å². The lowest BCUT2D eigenvalue weighted by Crippen LogP contribution is -2.38. The SMILES string of the molecule is O=C(CC(c1ccc(Cl)cc1)N1C(=O)C2C3C=CC(C3)C2C1=O)Nc1cccc([N+](=O)[O-])c1. The van der Waals surface area contributed by atoms with E-state index in [1.54, 1.807) is 30.3 Å². The Balaban J connectivity index is 1.42. The number of nitro benzene ring substituents is 1. The topological polar surface area (TPSA) is 110 Å². The number of hydrogen-bond acceptors (Lipinski definition) is 5. The molecule has 2 fully saturated rings. The van der Waals surface area contributed by atoms with E-state index in [0.717, 1.165) is 6.42 Å². The second kappa shape index (κ2) is 8.12. The number of nitrogens with one attached hydrogen (secondary N) is 1. The molecule has 2 aromatic rings. The monoisotopic (exact) mass is 465 g/mol. The van der Waals surface area contributed by atoms with Crippen molar-refractivity contribution in [1.29, 1.82) is 0 Å². The number of carbonyl (C=O) groups excluding carboxylic acids is 3. The Labute approximate surface area is 194 Å². The Morgan fingerprint density at radius 2 is 1.73 bits per heavy atom. The second-order valence-electron chi connectivity index (χ2n) is 8.67. The van der Waals surface area contributed by atoms with Crippen LogP contribution in [0.4, 0.5) is 11.4 Å². The molecular formula is C24H20ClN3O5. The minimum Gasteiger partial charge on any atom is -0.326 e.